The number of carbonyl (C=O) groups is 3. The van der Waals surface area contributed by atoms with E-state index in [9.17, 15) is 14.4 Å². The fourth-order valence-corrected chi connectivity index (χ4v) is 4.35. The van der Waals surface area contributed by atoms with Crippen LogP contribution in [-0.2, 0) is 42.1 Å². The molecule has 13 heteroatoms. The van der Waals surface area contributed by atoms with Crippen molar-refractivity contribution >= 4 is 46.2 Å². The Balaban J connectivity index is 3.27. The van der Waals surface area contributed by atoms with Gasteiger partial charge in [-0.05, 0) is 49.8 Å². The van der Waals surface area contributed by atoms with E-state index in [4.69, 9.17) is 26.4 Å². The first-order valence-electron chi connectivity index (χ1n) is 9.87. The maximum atomic E-state index is 12.9. The largest absolute Gasteiger partial charge is 0.479 e. The molecule has 1 amide bonds. The Kier molecular flexibility index (Phi) is 11.4. The lowest BCUT2D eigenvalue weighted by Crippen LogP contribution is -2.62. The Labute approximate surface area is 190 Å². The van der Waals surface area contributed by atoms with Crippen LogP contribution in [0.25, 0.3) is 0 Å². The summed E-state index contributed by atoms with van der Waals surface area (Å²) >= 11 is 6.44. The van der Waals surface area contributed by atoms with Crippen LogP contribution >= 0.6 is 24.0 Å². The molecule has 1 unspecified atom stereocenters. The van der Waals surface area contributed by atoms with E-state index < -0.39 is 28.6 Å². The summed E-state index contributed by atoms with van der Waals surface area (Å²) < 4.78 is 17.4. The molecular weight excluding hydrogens is 446 g/mol. The number of nitrogens with one attached hydrogen (secondary N) is 1. The van der Waals surface area contributed by atoms with Gasteiger partial charge in [0.05, 0.1) is 19.8 Å². The number of carbonyl (C=O) groups excluding carboxylic acids is 3. The van der Waals surface area contributed by atoms with E-state index >= 15 is 0 Å². The number of thioether (sulfide) groups is 1. The number of esters is 2. The lowest BCUT2D eigenvalue weighted by Gasteiger charge is -2.32. The van der Waals surface area contributed by atoms with Crippen LogP contribution in [0.15, 0.2) is 0 Å². The highest BCUT2D eigenvalue weighted by atomic mass is 32.2. The number of rotatable bonds is 12. The van der Waals surface area contributed by atoms with E-state index in [2.05, 4.69) is 20.8 Å². The highest BCUT2D eigenvalue weighted by Gasteiger charge is 2.51. The van der Waals surface area contributed by atoms with Gasteiger partial charge in [-0.2, -0.15) is 0 Å². The highest BCUT2D eigenvalue weighted by Crippen LogP contribution is 2.30. The maximum absolute atomic E-state index is 12.9. The molecule has 0 fully saturated rings. The molecule has 1 aromatic heterocycles. The van der Waals surface area contributed by atoms with E-state index in [1.54, 1.807) is 27.8 Å². The Morgan fingerprint density at radius 3 is 2.16 bits per heavy atom. The maximum Gasteiger partial charge on any atom is 0.343 e. The van der Waals surface area contributed by atoms with Crippen molar-refractivity contribution in [3.63, 3.8) is 0 Å². The third kappa shape index (κ3) is 8.05. The molecule has 0 saturated carbocycles. The molecule has 0 aliphatic heterocycles. The van der Waals surface area contributed by atoms with Crippen molar-refractivity contribution in [2.45, 2.75) is 57.7 Å². The molecule has 0 aliphatic carbocycles. The minimum absolute atomic E-state index is 0.0271. The number of tetrazole rings is 1. The third-order valence-electron chi connectivity index (χ3n) is 4.09. The van der Waals surface area contributed by atoms with Crippen molar-refractivity contribution in [3.8, 4) is 0 Å². The summed E-state index contributed by atoms with van der Waals surface area (Å²) in [5.41, 5.74) is -2.02. The molecule has 1 heterocycles. The second-order valence-corrected chi connectivity index (χ2v) is 8.31. The van der Waals surface area contributed by atoms with E-state index in [0.717, 1.165) is 0 Å². The van der Waals surface area contributed by atoms with Gasteiger partial charge in [-0.3, -0.25) is 4.79 Å². The Bertz CT molecular complexity index is 754. The molecule has 31 heavy (non-hydrogen) atoms. The van der Waals surface area contributed by atoms with Gasteiger partial charge in [0.2, 0.25) is 15.8 Å². The van der Waals surface area contributed by atoms with Gasteiger partial charge in [0, 0.05) is 32.1 Å². The lowest BCUT2D eigenvalue weighted by atomic mass is 9.91. The number of aromatic nitrogens is 4. The number of ether oxygens (including phenoxy) is 3. The summed E-state index contributed by atoms with van der Waals surface area (Å²) in [6.45, 7) is 6.66. The molecule has 11 nitrogen and oxygen atoms in total. The highest BCUT2D eigenvalue weighted by molar-refractivity contribution is 8.23. The van der Waals surface area contributed by atoms with Gasteiger partial charge < -0.3 is 19.5 Å². The average molecular weight is 476 g/mol. The normalized spacial score (nSPS) is 12.0. The standard InChI is InChI=1S/C18H29N5O6S2/c1-6-27-15(25)18(19-12(4)24,16(26)28-7-2)11-13(31-17(30)29-8-3)9-10-14-20-21-22-23(14)5/h13H,6-11H2,1-5H3,(H,19,24). The molecule has 1 aromatic rings. The number of thiocarbonyl (C=S) groups is 1. The zero-order chi connectivity index (χ0) is 23.4. The minimum atomic E-state index is -2.02. The van der Waals surface area contributed by atoms with Crippen molar-refractivity contribution in [2.24, 2.45) is 7.05 Å². The smallest absolute Gasteiger partial charge is 0.343 e. The summed E-state index contributed by atoms with van der Waals surface area (Å²) in [5, 5.41) is 13.4. The molecule has 0 bridgehead atoms. The first kappa shape index (κ1) is 26.8. The molecule has 1 N–H and O–H groups in total. The summed E-state index contributed by atoms with van der Waals surface area (Å²) in [6.07, 6.45) is 0.761. The summed E-state index contributed by atoms with van der Waals surface area (Å²) in [6, 6.07) is 0. The zero-order valence-corrected chi connectivity index (χ0v) is 20.0. The van der Waals surface area contributed by atoms with E-state index in [0.29, 0.717) is 25.3 Å². The predicted molar refractivity (Wildman–Crippen MR) is 117 cm³/mol. The van der Waals surface area contributed by atoms with Gasteiger partial charge in [0.25, 0.3) is 0 Å². The van der Waals surface area contributed by atoms with E-state index in [1.165, 1.54) is 23.4 Å². The number of hydrogen-bond donors (Lipinski definition) is 1. The fourth-order valence-electron chi connectivity index (χ4n) is 2.79. The summed E-state index contributed by atoms with van der Waals surface area (Å²) in [7, 11) is 1.71. The van der Waals surface area contributed by atoms with Crippen molar-refractivity contribution in [1.82, 2.24) is 25.5 Å². The van der Waals surface area contributed by atoms with Crippen LogP contribution in [0.5, 0.6) is 0 Å². The van der Waals surface area contributed by atoms with Gasteiger partial charge in [0.15, 0.2) is 5.82 Å². The Morgan fingerprint density at radius 1 is 1.13 bits per heavy atom. The summed E-state index contributed by atoms with van der Waals surface area (Å²) in [5.74, 6) is -1.74. The quantitative estimate of drug-likeness (QED) is 0.263. The van der Waals surface area contributed by atoms with Crippen LogP contribution in [0.4, 0.5) is 0 Å². The fraction of sp³-hybridized carbons (Fsp3) is 0.722. The molecule has 0 spiro atoms. The summed E-state index contributed by atoms with van der Waals surface area (Å²) in [4.78, 5) is 37.8. The average Bonchev–Trinajstić information content (AvgIpc) is 3.10. The lowest BCUT2D eigenvalue weighted by molar-refractivity contribution is -0.168. The molecule has 174 valence electrons. The van der Waals surface area contributed by atoms with Crippen LogP contribution < -0.4 is 5.32 Å². The van der Waals surface area contributed by atoms with Crippen molar-refractivity contribution in [1.29, 1.82) is 0 Å². The van der Waals surface area contributed by atoms with E-state index in [1.807, 2.05) is 0 Å². The predicted octanol–water partition coefficient (Wildman–Crippen LogP) is 0.957. The number of nitrogens with zero attached hydrogens (tertiary/aromatic N) is 4. The van der Waals surface area contributed by atoms with Gasteiger partial charge in [-0.15, -0.1) is 5.10 Å². The second-order valence-electron chi connectivity index (χ2n) is 6.41. The Morgan fingerprint density at radius 2 is 1.71 bits per heavy atom. The number of aryl methyl sites for hydroxylation is 2. The van der Waals surface area contributed by atoms with Gasteiger partial charge in [-0.1, -0.05) is 11.8 Å². The van der Waals surface area contributed by atoms with Gasteiger partial charge in [-0.25, -0.2) is 14.3 Å². The topological polar surface area (TPSA) is 135 Å². The van der Waals surface area contributed by atoms with Crippen molar-refractivity contribution in [3.05, 3.63) is 5.82 Å². The van der Waals surface area contributed by atoms with Crippen molar-refractivity contribution < 1.29 is 28.6 Å². The SMILES string of the molecule is CCOC(=O)C(CC(CCc1nnnn1C)SC(=S)OCC)(NC(C)=O)C(=O)OCC. The molecular formula is C18H29N5O6S2. The van der Waals surface area contributed by atoms with Crippen LogP contribution in [0.3, 0.4) is 0 Å². The monoisotopic (exact) mass is 475 g/mol. The third-order valence-corrected chi connectivity index (χ3v) is 5.55. The minimum Gasteiger partial charge on any atom is -0.479 e. The molecule has 1 rings (SSSR count). The molecule has 0 saturated heterocycles. The first-order chi connectivity index (χ1) is 14.7. The van der Waals surface area contributed by atoms with E-state index in [-0.39, 0.29) is 24.0 Å². The number of hydrogen-bond acceptors (Lipinski definition) is 11. The van der Waals surface area contributed by atoms with Crippen LogP contribution in [0.2, 0.25) is 0 Å². The van der Waals surface area contributed by atoms with Crippen LogP contribution in [-0.4, -0.2) is 73.0 Å². The second kappa shape index (κ2) is 13.2. The first-order valence-corrected chi connectivity index (χ1v) is 11.2. The van der Waals surface area contributed by atoms with Crippen LogP contribution in [0, 0.1) is 0 Å². The molecule has 0 radical (unpaired) electrons. The van der Waals surface area contributed by atoms with Gasteiger partial charge >= 0.3 is 11.9 Å². The number of amides is 1. The molecule has 0 aliphatic rings. The molecule has 1 atom stereocenters. The molecule has 0 aromatic carbocycles. The van der Waals surface area contributed by atoms with Gasteiger partial charge in [0.1, 0.15) is 0 Å². The Hall–Kier alpha value is -2.28. The zero-order valence-electron chi connectivity index (χ0n) is 18.4. The van der Waals surface area contributed by atoms with Crippen molar-refractivity contribution in [2.75, 3.05) is 19.8 Å². The van der Waals surface area contributed by atoms with Crippen LogP contribution in [0.1, 0.15) is 46.4 Å².